The van der Waals surface area contributed by atoms with Gasteiger partial charge in [0.2, 0.25) is 0 Å². The minimum Gasteiger partial charge on any atom is -0.330 e. The lowest BCUT2D eigenvalue weighted by molar-refractivity contribution is 0.175. The van der Waals surface area contributed by atoms with Crippen LogP contribution >= 0.6 is 15.9 Å². The Balaban J connectivity index is 3.03. The molecule has 0 saturated carbocycles. The highest BCUT2D eigenvalue weighted by Gasteiger charge is 2.26. The molecule has 2 atom stereocenters. The molecule has 0 aliphatic carbocycles. The van der Waals surface area contributed by atoms with Crippen LogP contribution < -0.4 is 5.73 Å². The van der Waals surface area contributed by atoms with Crippen molar-refractivity contribution in [2.24, 2.45) is 17.6 Å². The monoisotopic (exact) mass is 298 g/mol. The van der Waals surface area contributed by atoms with Crippen LogP contribution in [-0.4, -0.2) is 25.5 Å². The van der Waals surface area contributed by atoms with Gasteiger partial charge in [-0.25, -0.2) is 0 Å². The fraction of sp³-hybridized carbons (Fsp3) is 0.571. The largest absolute Gasteiger partial charge is 0.330 e. The van der Waals surface area contributed by atoms with Gasteiger partial charge in [0.25, 0.3) is 0 Å². The molecular formula is C14H23BrN2. The molecule has 1 rings (SSSR count). The molecule has 3 heteroatoms. The molecule has 0 heterocycles. The Morgan fingerprint density at radius 3 is 2.06 bits per heavy atom. The van der Waals surface area contributed by atoms with E-state index in [1.807, 2.05) is 0 Å². The summed E-state index contributed by atoms with van der Waals surface area (Å²) < 4.78 is 1.12. The molecule has 2 unspecified atom stereocenters. The van der Waals surface area contributed by atoms with Crippen LogP contribution in [0.4, 0.5) is 0 Å². The van der Waals surface area contributed by atoms with E-state index in [1.54, 1.807) is 0 Å². The summed E-state index contributed by atoms with van der Waals surface area (Å²) in [5.41, 5.74) is 7.28. The molecule has 0 radical (unpaired) electrons. The van der Waals surface area contributed by atoms with Gasteiger partial charge in [0, 0.05) is 10.5 Å². The van der Waals surface area contributed by atoms with Gasteiger partial charge in [-0.15, -0.1) is 0 Å². The third-order valence-corrected chi connectivity index (χ3v) is 3.83. The summed E-state index contributed by atoms with van der Waals surface area (Å²) in [6.07, 6.45) is 0. The predicted octanol–water partition coefficient (Wildman–Crippen LogP) is 3.28. The van der Waals surface area contributed by atoms with Gasteiger partial charge in [-0.1, -0.05) is 41.9 Å². The van der Waals surface area contributed by atoms with Crippen molar-refractivity contribution in [3.05, 3.63) is 34.3 Å². The second-order valence-electron chi connectivity index (χ2n) is 5.10. The Hall–Kier alpha value is -0.380. The number of nitrogens with zero attached hydrogens (tertiary/aromatic N) is 1. The summed E-state index contributed by atoms with van der Waals surface area (Å²) in [5, 5.41) is 0. The highest BCUT2D eigenvalue weighted by molar-refractivity contribution is 9.10. The van der Waals surface area contributed by atoms with Crippen molar-refractivity contribution in [1.82, 2.24) is 4.90 Å². The first-order valence-electron chi connectivity index (χ1n) is 6.09. The van der Waals surface area contributed by atoms with E-state index >= 15 is 0 Å². The van der Waals surface area contributed by atoms with Gasteiger partial charge in [0.15, 0.2) is 0 Å². The zero-order valence-electron chi connectivity index (χ0n) is 11.2. The Kier molecular flexibility index (Phi) is 5.63. The average molecular weight is 299 g/mol. The summed E-state index contributed by atoms with van der Waals surface area (Å²) in [6.45, 7) is 5.20. The van der Waals surface area contributed by atoms with Gasteiger partial charge in [-0.05, 0) is 50.2 Å². The van der Waals surface area contributed by atoms with Crippen LogP contribution in [0.2, 0.25) is 0 Å². The average Bonchev–Trinajstić information content (AvgIpc) is 2.26. The van der Waals surface area contributed by atoms with Crippen LogP contribution in [0.1, 0.15) is 25.5 Å². The summed E-state index contributed by atoms with van der Waals surface area (Å²) in [7, 11) is 4.25. The van der Waals surface area contributed by atoms with Gasteiger partial charge in [-0.3, -0.25) is 0 Å². The molecule has 96 valence electrons. The third kappa shape index (κ3) is 3.80. The van der Waals surface area contributed by atoms with Crippen LogP contribution in [0.3, 0.4) is 0 Å². The molecule has 0 aliphatic heterocycles. The van der Waals surface area contributed by atoms with E-state index in [-0.39, 0.29) is 0 Å². The van der Waals surface area contributed by atoms with Crippen molar-refractivity contribution >= 4 is 15.9 Å². The predicted molar refractivity (Wildman–Crippen MR) is 78.0 cm³/mol. The van der Waals surface area contributed by atoms with Gasteiger partial charge < -0.3 is 10.6 Å². The van der Waals surface area contributed by atoms with Crippen molar-refractivity contribution in [1.29, 1.82) is 0 Å². The van der Waals surface area contributed by atoms with Gasteiger partial charge in [0.05, 0.1) is 0 Å². The Labute approximate surface area is 113 Å². The SMILES string of the molecule is CC(C)C(CN)C(c1ccc(Br)cc1)N(C)C. The zero-order valence-corrected chi connectivity index (χ0v) is 12.7. The number of rotatable bonds is 5. The lowest BCUT2D eigenvalue weighted by atomic mass is 9.84. The minimum absolute atomic E-state index is 0.382. The van der Waals surface area contributed by atoms with Crippen LogP contribution in [0, 0.1) is 11.8 Å². The topological polar surface area (TPSA) is 29.3 Å². The summed E-state index contributed by atoms with van der Waals surface area (Å²) in [6, 6.07) is 8.94. The molecule has 1 aromatic rings. The summed E-state index contributed by atoms with van der Waals surface area (Å²) >= 11 is 3.48. The van der Waals surface area contributed by atoms with Crippen LogP contribution in [0.5, 0.6) is 0 Å². The lowest BCUT2D eigenvalue weighted by Gasteiger charge is -2.34. The number of benzene rings is 1. The molecule has 0 fully saturated rings. The molecule has 0 aliphatic rings. The first-order valence-corrected chi connectivity index (χ1v) is 6.88. The quantitative estimate of drug-likeness (QED) is 0.904. The molecule has 0 amide bonds. The second kappa shape index (κ2) is 6.53. The summed E-state index contributed by atoms with van der Waals surface area (Å²) in [5.74, 6) is 1.06. The van der Waals surface area contributed by atoms with Crippen molar-refractivity contribution in [3.63, 3.8) is 0 Å². The van der Waals surface area contributed by atoms with Crippen molar-refractivity contribution in [3.8, 4) is 0 Å². The highest BCUT2D eigenvalue weighted by atomic mass is 79.9. The van der Waals surface area contributed by atoms with E-state index < -0.39 is 0 Å². The molecule has 1 aromatic carbocycles. The molecule has 0 spiro atoms. The Bertz CT molecular complexity index is 333. The van der Waals surface area contributed by atoms with E-state index in [9.17, 15) is 0 Å². The number of hydrogen-bond acceptors (Lipinski definition) is 2. The molecule has 0 bridgehead atoms. The molecule has 0 saturated heterocycles. The van der Waals surface area contributed by atoms with Crippen LogP contribution in [-0.2, 0) is 0 Å². The minimum atomic E-state index is 0.382. The first-order chi connectivity index (χ1) is 7.97. The maximum absolute atomic E-state index is 5.94. The second-order valence-corrected chi connectivity index (χ2v) is 6.02. The van der Waals surface area contributed by atoms with Gasteiger partial charge in [0.1, 0.15) is 0 Å². The zero-order chi connectivity index (χ0) is 13.0. The maximum Gasteiger partial charge on any atom is 0.0384 e. The van der Waals surface area contributed by atoms with Crippen LogP contribution in [0.15, 0.2) is 28.7 Å². The molecule has 0 aromatic heterocycles. The fourth-order valence-electron chi connectivity index (χ4n) is 2.35. The van der Waals surface area contributed by atoms with E-state index in [0.717, 1.165) is 11.0 Å². The fourth-order valence-corrected chi connectivity index (χ4v) is 2.62. The Morgan fingerprint density at radius 2 is 1.71 bits per heavy atom. The number of hydrogen-bond donors (Lipinski definition) is 1. The molecule has 2 N–H and O–H groups in total. The molecule has 2 nitrogen and oxygen atoms in total. The van der Waals surface area contributed by atoms with Crippen molar-refractivity contribution in [2.75, 3.05) is 20.6 Å². The van der Waals surface area contributed by atoms with Crippen molar-refractivity contribution < 1.29 is 0 Å². The summed E-state index contributed by atoms with van der Waals surface area (Å²) in [4.78, 5) is 2.26. The van der Waals surface area contributed by atoms with Crippen molar-refractivity contribution in [2.45, 2.75) is 19.9 Å². The van der Waals surface area contributed by atoms with E-state index in [2.05, 4.69) is 73.0 Å². The van der Waals surface area contributed by atoms with E-state index in [4.69, 9.17) is 5.73 Å². The standard InChI is InChI=1S/C14H23BrN2/c1-10(2)13(9-16)14(17(3)4)11-5-7-12(15)8-6-11/h5-8,10,13-14H,9,16H2,1-4H3. The maximum atomic E-state index is 5.94. The Morgan fingerprint density at radius 1 is 1.18 bits per heavy atom. The smallest absolute Gasteiger partial charge is 0.0384 e. The number of halogens is 1. The van der Waals surface area contributed by atoms with Crippen LogP contribution in [0.25, 0.3) is 0 Å². The van der Waals surface area contributed by atoms with E-state index in [1.165, 1.54) is 5.56 Å². The normalized spacial score (nSPS) is 15.3. The number of nitrogens with two attached hydrogens (primary N) is 1. The van der Waals surface area contributed by atoms with E-state index in [0.29, 0.717) is 17.9 Å². The first kappa shape index (κ1) is 14.7. The molecular weight excluding hydrogens is 276 g/mol. The van der Waals surface area contributed by atoms with Gasteiger partial charge in [-0.2, -0.15) is 0 Å². The van der Waals surface area contributed by atoms with Gasteiger partial charge >= 0.3 is 0 Å². The third-order valence-electron chi connectivity index (χ3n) is 3.30. The lowest BCUT2D eigenvalue weighted by Crippen LogP contribution is -2.35. The molecule has 17 heavy (non-hydrogen) atoms. The highest BCUT2D eigenvalue weighted by Crippen LogP contribution is 2.31.